The van der Waals surface area contributed by atoms with E-state index in [4.69, 9.17) is 15.2 Å². The summed E-state index contributed by atoms with van der Waals surface area (Å²) >= 11 is 0. The third-order valence-corrected chi connectivity index (χ3v) is 7.58. The molecule has 0 aliphatic heterocycles. The highest BCUT2D eigenvalue weighted by atomic mass is 16.5. The van der Waals surface area contributed by atoms with Gasteiger partial charge < -0.3 is 15.2 Å². The van der Waals surface area contributed by atoms with Crippen LogP contribution in [0.1, 0.15) is 47.8 Å². The Morgan fingerprint density at radius 2 is 1.46 bits per heavy atom. The molecule has 0 amide bonds. The molecule has 1 unspecified atom stereocenters. The maximum absolute atomic E-state index is 12.3. The number of hydrogen-bond donors (Lipinski definition) is 1. The Bertz CT molecular complexity index is 1380. The van der Waals surface area contributed by atoms with Crippen LogP contribution in [-0.4, -0.2) is 23.0 Å². The van der Waals surface area contributed by atoms with Gasteiger partial charge in [-0.15, -0.1) is 0 Å². The van der Waals surface area contributed by atoms with E-state index < -0.39 is 6.10 Å². The molecule has 0 bridgehead atoms. The second kappa shape index (κ2) is 11.7. The van der Waals surface area contributed by atoms with Gasteiger partial charge in [-0.1, -0.05) is 91.0 Å². The number of nitrogens with zero attached hydrogens (tertiary/aromatic N) is 1. The van der Waals surface area contributed by atoms with Crippen molar-refractivity contribution >= 4 is 11.7 Å². The Morgan fingerprint density at radius 1 is 0.872 bits per heavy atom. The Balaban J connectivity index is 1.40. The minimum atomic E-state index is -0.475. The highest BCUT2D eigenvalue weighted by Gasteiger charge is 2.39. The molecule has 1 aliphatic rings. The van der Waals surface area contributed by atoms with Gasteiger partial charge in [0, 0.05) is 25.6 Å². The highest BCUT2D eigenvalue weighted by molar-refractivity contribution is 5.66. The molecule has 0 fully saturated rings. The van der Waals surface area contributed by atoms with Crippen LogP contribution in [0.15, 0.2) is 103 Å². The summed E-state index contributed by atoms with van der Waals surface area (Å²) < 4.78 is 11.9. The zero-order valence-electron chi connectivity index (χ0n) is 22.7. The smallest absolute Gasteiger partial charge is 0.303 e. The van der Waals surface area contributed by atoms with Crippen LogP contribution >= 0.6 is 0 Å². The van der Waals surface area contributed by atoms with Crippen molar-refractivity contribution in [2.24, 2.45) is 0 Å². The van der Waals surface area contributed by atoms with Crippen LogP contribution in [0.5, 0.6) is 5.75 Å². The molecule has 0 spiro atoms. The average molecular weight is 521 g/mol. The fourth-order valence-corrected chi connectivity index (χ4v) is 5.53. The van der Waals surface area contributed by atoms with Gasteiger partial charge in [-0.05, 0) is 59.7 Å². The SMILES string of the molecule is CC(=O)OC(CN(Cc1ccccc1)C1(C)Cc2ccccc2C1)c1ccc(OCc2ccccc2)c(N)c1. The topological polar surface area (TPSA) is 64.8 Å². The summed E-state index contributed by atoms with van der Waals surface area (Å²) in [6.45, 7) is 5.50. The quantitative estimate of drug-likeness (QED) is 0.191. The lowest BCUT2D eigenvalue weighted by atomic mass is 9.93. The number of nitrogens with two attached hydrogens (primary N) is 1. The summed E-state index contributed by atoms with van der Waals surface area (Å²) in [7, 11) is 0. The lowest BCUT2D eigenvalue weighted by molar-refractivity contribution is -0.148. The molecular weight excluding hydrogens is 484 g/mol. The van der Waals surface area contributed by atoms with E-state index in [-0.39, 0.29) is 11.5 Å². The molecule has 0 heterocycles. The van der Waals surface area contributed by atoms with Gasteiger partial charge in [0.25, 0.3) is 0 Å². The van der Waals surface area contributed by atoms with Crippen molar-refractivity contribution < 1.29 is 14.3 Å². The molecule has 1 aliphatic carbocycles. The van der Waals surface area contributed by atoms with E-state index in [0.29, 0.717) is 24.6 Å². The number of benzene rings is 4. The maximum atomic E-state index is 12.3. The molecule has 1 atom stereocenters. The highest BCUT2D eigenvalue weighted by Crippen LogP contribution is 2.37. The molecule has 200 valence electrons. The Labute approximate surface area is 231 Å². The fraction of sp³-hybridized carbons (Fsp3) is 0.265. The number of anilines is 1. The van der Waals surface area contributed by atoms with Gasteiger partial charge in [0.15, 0.2) is 0 Å². The molecule has 0 aromatic heterocycles. The minimum Gasteiger partial charge on any atom is -0.487 e. The van der Waals surface area contributed by atoms with Crippen molar-refractivity contribution in [1.82, 2.24) is 4.90 Å². The van der Waals surface area contributed by atoms with Crippen molar-refractivity contribution in [2.75, 3.05) is 12.3 Å². The summed E-state index contributed by atoms with van der Waals surface area (Å²) in [5.74, 6) is 0.297. The van der Waals surface area contributed by atoms with Crippen LogP contribution in [0.4, 0.5) is 5.69 Å². The molecular formula is C34H36N2O3. The number of carbonyl (C=O) groups excluding carboxylic acids is 1. The molecule has 2 N–H and O–H groups in total. The van der Waals surface area contributed by atoms with Crippen LogP contribution < -0.4 is 10.5 Å². The number of nitrogen functional groups attached to an aromatic ring is 1. The van der Waals surface area contributed by atoms with Gasteiger partial charge in [-0.2, -0.15) is 0 Å². The molecule has 39 heavy (non-hydrogen) atoms. The van der Waals surface area contributed by atoms with E-state index in [1.165, 1.54) is 23.6 Å². The fourth-order valence-electron chi connectivity index (χ4n) is 5.53. The van der Waals surface area contributed by atoms with Crippen LogP contribution in [0, 0.1) is 0 Å². The molecule has 5 heteroatoms. The standard InChI is InChI=1S/C34H36N2O3/c1-25(37)39-33(28-17-18-32(31(35)19-28)38-24-27-13-7-4-8-14-27)23-36(22-26-11-5-3-6-12-26)34(2)20-29-15-9-10-16-30(29)21-34/h3-19,33H,20-24,35H2,1-2H3. The number of fused-ring (bicyclic) bond motifs is 1. The van der Waals surface area contributed by atoms with E-state index in [0.717, 1.165) is 30.5 Å². The molecule has 5 nitrogen and oxygen atoms in total. The zero-order chi connectivity index (χ0) is 27.2. The summed E-state index contributed by atoms with van der Waals surface area (Å²) in [5, 5.41) is 0. The summed E-state index contributed by atoms with van der Waals surface area (Å²) in [4.78, 5) is 14.7. The van der Waals surface area contributed by atoms with Crippen molar-refractivity contribution in [1.29, 1.82) is 0 Å². The minimum absolute atomic E-state index is 0.123. The number of rotatable bonds is 10. The lowest BCUT2D eigenvalue weighted by Gasteiger charge is -2.40. The number of hydrogen-bond acceptors (Lipinski definition) is 5. The van der Waals surface area contributed by atoms with Gasteiger partial charge in [0.05, 0.1) is 5.69 Å². The number of carbonyl (C=O) groups is 1. The van der Waals surface area contributed by atoms with Crippen molar-refractivity contribution in [3.8, 4) is 5.75 Å². The predicted octanol–water partition coefficient (Wildman–Crippen LogP) is 6.51. The monoisotopic (exact) mass is 520 g/mol. The Morgan fingerprint density at radius 3 is 2.05 bits per heavy atom. The van der Waals surface area contributed by atoms with E-state index in [2.05, 4.69) is 60.4 Å². The van der Waals surface area contributed by atoms with E-state index in [9.17, 15) is 4.79 Å². The van der Waals surface area contributed by atoms with Crippen molar-refractivity contribution in [3.63, 3.8) is 0 Å². The second-order valence-corrected chi connectivity index (χ2v) is 10.7. The lowest BCUT2D eigenvalue weighted by Crippen LogP contribution is -2.48. The van der Waals surface area contributed by atoms with Crippen molar-refractivity contribution in [3.05, 3.63) is 131 Å². The number of esters is 1. The second-order valence-electron chi connectivity index (χ2n) is 10.7. The molecule has 4 aromatic rings. The third kappa shape index (κ3) is 6.50. The van der Waals surface area contributed by atoms with Crippen LogP contribution in [0.2, 0.25) is 0 Å². The first kappa shape index (κ1) is 26.5. The van der Waals surface area contributed by atoms with Gasteiger partial charge in [0.2, 0.25) is 0 Å². The van der Waals surface area contributed by atoms with E-state index >= 15 is 0 Å². The first-order chi connectivity index (χ1) is 18.9. The van der Waals surface area contributed by atoms with Gasteiger partial charge >= 0.3 is 5.97 Å². The van der Waals surface area contributed by atoms with E-state index in [1.54, 1.807) is 0 Å². The average Bonchev–Trinajstić information content (AvgIpc) is 3.30. The first-order valence-corrected chi connectivity index (χ1v) is 13.5. The number of ether oxygens (including phenoxy) is 2. The first-order valence-electron chi connectivity index (χ1n) is 13.5. The molecule has 0 radical (unpaired) electrons. The Hall–Kier alpha value is -4.09. The summed E-state index contributed by atoms with van der Waals surface area (Å²) in [5.41, 5.74) is 12.7. The van der Waals surface area contributed by atoms with Gasteiger partial charge in [0.1, 0.15) is 18.5 Å². The summed E-state index contributed by atoms with van der Waals surface area (Å²) in [6.07, 6.45) is 1.41. The predicted molar refractivity (Wildman–Crippen MR) is 155 cm³/mol. The molecule has 4 aromatic carbocycles. The summed E-state index contributed by atoms with van der Waals surface area (Å²) in [6, 6.07) is 34.8. The zero-order valence-corrected chi connectivity index (χ0v) is 22.7. The molecule has 0 saturated carbocycles. The normalized spacial score (nSPS) is 14.5. The third-order valence-electron chi connectivity index (χ3n) is 7.58. The maximum Gasteiger partial charge on any atom is 0.303 e. The van der Waals surface area contributed by atoms with Crippen LogP contribution in [-0.2, 0) is 35.5 Å². The van der Waals surface area contributed by atoms with Gasteiger partial charge in [-0.3, -0.25) is 9.69 Å². The van der Waals surface area contributed by atoms with Crippen LogP contribution in [0.3, 0.4) is 0 Å². The van der Waals surface area contributed by atoms with Crippen molar-refractivity contribution in [2.45, 2.75) is 51.5 Å². The van der Waals surface area contributed by atoms with Gasteiger partial charge in [-0.25, -0.2) is 0 Å². The largest absolute Gasteiger partial charge is 0.487 e. The molecule has 5 rings (SSSR count). The molecule has 0 saturated heterocycles. The van der Waals surface area contributed by atoms with Crippen LogP contribution in [0.25, 0.3) is 0 Å². The van der Waals surface area contributed by atoms with E-state index in [1.807, 2.05) is 54.6 Å². The Kier molecular flexibility index (Phi) is 7.99.